The highest BCUT2D eigenvalue weighted by Crippen LogP contribution is 2.41. The molecule has 2 aliphatic rings. The fourth-order valence-electron chi connectivity index (χ4n) is 3.12. The Bertz CT molecular complexity index is 470. The number of aromatic nitrogens is 2. The first-order valence-corrected chi connectivity index (χ1v) is 7.12. The molecule has 0 saturated heterocycles. The average Bonchev–Trinajstić information content (AvgIpc) is 2.89. The predicted molar refractivity (Wildman–Crippen MR) is 71.6 cm³/mol. The van der Waals surface area contributed by atoms with Crippen LogP contribution in [0, 0.1) is 0 Å². The van der Waals surface area contributed by atoms with E-state index in [0.29, 0.717) is 25.6 Å². The Balaban J connectivity index is 2.02. The molecular formula is C14H21N3O2. The molecule has 5 nitrogen and oxygen atoms in total. The number of rotatable bonds is 3. The molecule has 19 heavy (non-hydrogen) atoms. The number of fused-ring (bicyclic) bond motifs is 1. The van der Waals surface area contributed by atoms with Crippen LogP contribution in [0.2, 0.25) is 0 Å². The lowest BCUT2D eigenvalue weighted by atomic mass is 9.99. The summed E-state index contributed by atoms with van der Waals surface area (Å²) in [6.45, 7) is 3.95. The zero-order chi connectivity index (χ0) is 13.3. The van der Waals surface area contributed by atoms with Gasteiger partial charge in [-0.05, 0) is 32.6 Å². The van der Waals surface area contributed by atoms with Gasteiger partial charge in [-0.2, -0.15) is 0 Å². The van der Waals surface area contributed by atoms with E-state index >= 15 is 0 Å². The number of nitrogen functional groups attached to an aromatic ring is 1. The molecular weight excluding hydrogens is 242 g/mol. The standard InChI is InChI=1S/C14H21N3O2/c1-2-19-14(6-3-4-7-14)13-16-11-5-8-18-9-10(11)12(15)17-13/h2-9H2,1H3,(H2,15,16,17). The van der Waals surface area contributed by atoms with E-state index in [1.165, 1.54) is 12.8 Å². The number of anilines is 1. The molecule has 0 spiro atoms. The Kier molecular flexibility index (Phi) is 3.41. The lowest BCUT2D eigenvalue weighted by Crippen LogP contribution is -2.31. The zero-order valence-electron chi connectivity index (χ0n) is 11.4. The maximum atomic E-state index is 6.08. The van der Waals surface area contributed by atoms with E-state index in [4.69, 9.17) is 20.2 Å². The fourth-order valence-corrected chi connectivity index (χ4v) is 3.12. The SMILES string of the molecule is CCOC1(c2nc(N)c3c(n2)CCOC3)CCCC1. The second-order valence-corrected chi connectivity index (χ2v) is 5.29. The smallest absolute Gasteiger partial charge is 0.162 e. The molecule has 0 atom stereocenters. The van der Waals surface area contributed by atoms with E-state index in [-0.39, 0.29) is 5.60 Å². The van der Waals surface area contributed by atoms with E-state index in [1.54, 1.807) is 0 Å². The highest BCUT2D eigenvalue weighted by Gasteiger charge is 2.40. The first kappa shape index (κ1) is 12.8. The molecule has 0 amide bonds. The Hall–Kier alpha value is -1.20. The molecule has 1 aromatic heterocycles. The quantitative estimate of drug-likeness (QED) is 0.902. The molecule has 1 fully saturated rings. The summed E-state index contributed by atoms with van der Waals surface area (Å²) in [5.41, 5.74) is 7.77. The second-order valence-electron chi connectivity index (χ2n) is 5.29. The maximum Gasteiger partial charge on any atom is 0.162 e. The van der Waals surface area contributed by atoms with E-state index in [2.05, 4.69) is 4.98 Å². The lowest BCUT2D eigenvalue weighted by molar-refractivity contribution is -0.0459. The molecule has 1 aliphatic carbocycles. The van der Waals surface area contributed by atoms with Crippen LogP contribution >= 0.6 is 0 Å². The predicted octanol–water partition coefficient (Wildman–Crippen LogP) is 1.94. The van der Waals surface area contributed by atoms with Gasteiger partial charge in [0.25, 0.3) is 0 Å². The summed E-state index contributed by atoms with van der Waals surface area (Å²) in [5.74, 6) is 1.34. The first-order valence-electron chi connectivity index (χ1n) is 7.12. The van der Waals surface area contributed by atoms with Crippen LogP contribution in [0.3, 0.4) is 0 Å². The summed E-state index contributed by atoms with van der Waals surface area (Å²) in [6, 6.07) is 0. The van der Waals surface area contributed by atoms with Crippen molar-refractivity contribution >= 4 is 5.82 Å². The number of nitrogens with two attached hydrogens (primary N) is 1. The zero-order valence-corrected chi connectivity index (χ0v) is 11.4. The molecule has 5 heteroatoms. The number of ether oxygens (including phenoxy) is 2. The van der Waals surface area contributed by atoms with Crippen LogP contribution in [0.15, 0.2) is 0 Å². The summed E-state index contributed by atoms with van der Waals surface area (Å²) in [6.07, 6.45) is 5.15. The van der Waals surface area contributed by atoms with Crippen molar-refractivity contribution in [1.82, 2.24) is 9.97 Å². The molecule has 104 valence electrons. The van der Waals surface area contributed by atoms with E-state index in [0.717, 1.165) is 36.3 Å². The summed E-state index contributed by atoms with van der Waals surface area (Å²) < 4.78 is 11.4. The minimum atomic E-state index is -0.309. The van der Waals surface area contributed by atoms with E-state index < -0.39 is 0 Å². The minimum absolute atomic E-state index is 0.309. The van der Waals surface area contributed by atoms with Crippen molar-refractivity contribution in [3.8, 4) is 0 Å². The van der Waals surface area contributed by atoms with Crippen LogP contribution in [-0.4, -0.2) is 23.2 Å². The van der Waals surface area contributed by atoms with Crippen LogP contribution in [0.5, 0.6) is 0 Å². The van der Waals surface area contributed by atoms with Crippen LogP contribution in [0.1, 0.15) is 49.7 Å². The number of nitrogens with zero attached hydrogens (tertiary/aromatic N) is 2. The fraction of sp³-hybridized carbons (Fsp3) is 0.714. The summed E-state index contributed by atoms with van der Waals surface area (Å²) in [5, 5.41) is 0. The van der Waals surface area contributed by atoms with Crippen molar-refractivity contribution in [2.24, 2.45) is 0 Å². The third-order valence-corrected chi connectivity index (χ3v) is 4.09. The summed E-state index contributed by atoms with van der Waals surface area (Å²) in [7, 11) is 0. The topological polar surface area (TPSA) is 70.3 Å². The van der Waals surface area contributed by atoms with Crippen molar-refractivity contribution in [2.75, 3.05) is 18.9 Å². The van der Waals surface area contributed by atoms with Gasteiger partial charge in [0.2, 0.25) is 0 Å². The minimum Gasteiger partial charge on any atom is -0.383 e. The summed E-state index contributed by atoms with van der Waals surface area (Å²) in [4.78, 5) is 9.27. The van der Waals surface area contributed by atoms with Crippen molar-refractivity contribution in [3.05, 3.63) is 17.1 Å². The molecule has 3 rings (SSSR count). The summed E-state index contributed by atoms with van der Waals surface area (Å²) >= 11 is 0. The maximum absolute atomic E-state index is 6.08. The highest BCUT2D eigenvalue weighted by molar-refractivity contribution is 5.43. The van der Waals surface area contributed by atoms with Crippen LogP contribution in [0.25, 0.3) is 0 Å². The highest BCUT2D eigenvalue weighted by atomic mass is 16.5. The van der Waals surface area contributed by atoms with Gasteiger partial charge in [-0.1, -0.05) is 0 Å². The molecule has 0 aromatic carbocycles. The van der Waals surface area contributed by atoms with Crippen molar-refractivity contribution in [1.29, 1.82) is 0 Å². The Labute approximate surface area is 113 Å². The molecule has 2 heterocycles. The number of hydrogen-bond donors (Lipinski definition) is 1. The van der Waals surface area contributed by atoms with Crippen LogP contribution in [0.4, 0.5) is 5.82 Å². The molecule has 1 aromatic rings. The average molecular weight is 263 g/mol. The van der Waals surface area contributed by atoms with Gasteiger partial charge in [0.15, 0.2) is 5.82 Å². The van der Waals surface area contributed by atoms with Crippen molar-refractivity contribution in [2.45, 2.75) is 51.2 Å². The van der Waals surface area contributed by atoms with Gasteiger partial charge in [-0.15, -0.1) is 0 Å². The third kappa shape index (κ3) is 2.21. The van der Waals surface area contributed by atoms with E-state index in [1.807, 2.05) is 6.92 Å². The molecule has 0 bridgehead atoms. The third-order valence-electron chi connectivity index (χ3n) is 4.09. The van der Waals surface area contributed by atoms with Gasteiger partial charge in [-0.25, -0.2) is 9.97 Å². The first-order chi connectivity index (χ1) is 9.25. The second kappa shape index (κ2) is 5.06. The van der Waals surface area contributed by atoms with Crippen molar-refractivity contribution in [3.63, 3.8) is 0 Å². The van der Waals surface area contributed by atoms with Gasteiger partial charge < -0.3 is 15.2 Å². The molecule has 2 N–H and O–H groups in total. The van der Waals surface area contributed by atoms with Crippen LogP contribution in [-0.2, 0) is 28.1 Å². The molecule has 0 radical (unpaired) electrons. The van der Waals surface area contributed by atoms with Crippen LogP contribution < -0.4 is 5.73 Å². The number of hydrogen-bond acceptors (Lipinski definition) is 5. The normalized spacial score (nSPS) is 21.3. The Morgan fingerprint density at radius 1 is 1.32 bits per heavy atom. The lowest BCUT2D eigenvalue weighted by Gasteiger charge is -2.29. The van der Waals surface area contributed by atoms with Gasteiger partial charge in [0.1, 0.15) is 11.4 Å². The Morgan fingerprint density at radius 3 is 2.84 bits per heavy atom. The van der Waals surface area contributed by atoms with E-state index in [9.17, 15) is 0 Å². The van der Waals surface area contributed by atoms with Gasteiger partial charge in [0.05, 0.1) is 18.9 Å². The molecule has 1 saturated carbocycles. The monoisotopic (exact) mass is 263 g/mol. The van der Waals surface area contributed by atoms with Crippen molar-refractivity contribution < 1.29 is 9.47 Å². The molecule has 0 unspecified atom stereocenters. The van der Waals surface area contributed by atoms with Gasteiger partial charge in [0, 0.05) is 18.6 Å². The molecule has 1 aliphatic heterocycles. The Morgan fingerprint density at radius 2 is 2.11 bits per heavy atom. The van der Waals surface area contributed by atoms with Gasteiger partial charge >= 0.3 is 0 Å². The largest absolute Gasteiger partial charge is 0.383 e. The van der Waals surface area contributed by atoms with Gasteiger partial charge in [-0.3, -0.25) is 0 Å².